The molecule has 0 radical (unpaired) electrons. The lowest BCUT2D eigenvalue weighted by atomic mass is 10.1. The molecular formula is C11H21N3O2S. The summed E-state index contributed by atoms with van der Waals surface area (Å²) < 4.78 is 0. The molecule has 0 aromatic carbocycles. The molecule has 0 bridgehead atoms. The van der Waals surface area contributed by atoms with Gasteiger partial charge < -0.3 is 16.0 Å². The van der Waals surface area contributed by atoms with E-state index in [1.54, 1.807) is 16.7 Å². The highest BCUT2D eigenvalue weighted by Gasteiger charge is 2.35. The average Bonchev–Trinajstić information content (AvgIpc) is 2.76. The molecule has 0 aromatic heterocycles. The standard InChI is InChI=1S/C11H21N3O2S/c1-4-9(15)14-7-17-5-8(14)10(16)13-11(2,3)6-12/h8H,4-7,12H2,1-3H3,(H,13,16). The Morgan fingerprint density at radius 2 is 2.18 bits per heavy atom. The predicted octanol–water partition coefficient (Wildman–Crippen LogP) is 0.151. The van der Waals surface area contributed by atoms with Gasteiger partial charge in [0.05, 0.1) is 5.88 Å². The Hall–Kier alpha value is -0.750. The van der Waals surface area contributed by atoms with Gasteiger partial charge in [-0.15, -0.1) is 11.8 Å². The van der Waals surface area contributed by atoms with Gasteiger partial charge in [-0.2, -0.15) is 0 Å². The summed E-state index contributed by atoms with van der Waals surface area (Å²) in [6.45, 7) is 5.93. The quantitative estimate of drug-likeness (QED) is 0.753. The minimum absolute atomic E-state index is 0.0284. The molecule has 1 aliphatic heterocycles. The van der Waals surface area contributed by atoms with E-state index in [1.165, 1.54) is 0 Å². The lowest BCUT2D eigenvalue weighted by Gasteiger charge is -2.29. The Bertz CT molecular complexity index is 307. The van der Waals surface area contributed by atoms with E-state index in [0.29, 0.717) is 24.6 Å². The first-order valence-electron chi connectivity index (χ1n) is 5.80. The van der Waals surface area contributed by atoms with Crippen LogP contribution in [0.3, 0.4) is 0 Å². The molecule has 3 N–H and O–H groups in total. The summed E-state index contributed by atoms with van der Waals surface area (Å²) in [4.78, 5) is 25.4. The maximum atomic E-state index is 12.1. The number of carbonyl (C=O) groups is 2. The van der Waals surface area contributed by atoms with E-state index >= 15 is 0 Å². The van der Waals surface area contributed by atoms with Crippen molar-refractivity contribution in [3.05, 3.63) is 0 Å². The number of amides is 2. The second kappa shape index (κ2) is 5.73. The molecule has 0 spiro atoms. The Morgan fingerprint density at radius 1 is 1.53 bits per heavy atom. The van der Waals surface area contributed by atoms with Crippen LogP contribution in [0.15, 0.2) is 0 Å². The third-order valence-corrected chi connectivity index (χ3v) is 3.79. The van der Waals surface area contributed by atoms with Crippen LogP contribution >= 0.6 is 11.8 Å². The van der Waals surface area contributed by atoms with Crippen LogP contribution in [0.4, 0.5) is 0 Å². The van der Waals surface area contributed by atoms with E-state index in [0.717, 1.165) is 0 Å². The van der Waals surface area contributed by atoms with Crippen LogP contribution in [0, 0.1) is 0 Å². The van der Waals surface area contributed by atoms with Crippen molar-refractivity contribution in [2.75, 3.05) is 18.2 Å². The molecule has 1 heterocycles. The van der Waals surface area contributed by atoms with Crippen LogP contribution in [-0.4, -0.2) is 46.5 Å². The molecular weight excluding hydrogens is 238 g/mol. The first-order valence-corrected chi connectivity index (χ1v) is 6.96. The molecule has 1 aliphatic rings. The van der Waals surface area contributed by atoms with E-state index in [1.807, 2.05) is 20.8 Å². The van der Waals surface area contributed by atoms with Crippen molar-refractivity contribution < 1.29 is 9.59 Å². The first-order chi connectivity index (χ1) is 7.91. The van der Waals surface area contributed by atoms with Gasteiger partial charge in [0.25, 0.3) is 0 Å². The lowest BCUT2D eigenvalue weighted by Crippen LogP contribution is -2.55. The minimum Gasteiger partial charge on any atom is -0.348 e. The molecule has 6 heteroatoms. The fourth-order valence-electron chi connectivity index (χ4n) is 1.58. The largest absolute Gasteiger partial charge is 0.348 e. The smallest absolute Gasteiger partial charge is 0.244 e. The van der Waals surface area contributed by atoms with E-state index in [-0.39, 0.29) is 17.9 Å². The highest BCUT2D eigenvalue weighted by molar-refractivity contribution is 7.99. The molecule has 1 fully saturated rings. The highest BCUT2D eigenvalue weighted by atomic mass is 32.2. The number of nitrogens with two attached hydrogens (primary N) is 1. The molecule has 0 aromatic rings. The maximum absolute atomic E-state index is 12.1. The molecule has 5 nitrogen and oxygen atoms in total. The number of hydrogen-bond acceptors (Lipinski definition) is 4. The molecule has 1 rings (SSSR count). The van der Waals surface area contributed by atoms with Crippen molar-refractivity contribution in [1.82, 2.24) is 10.2 Å². The van der Waals surface area contributed by atoms with E-state index in [9.17, 15) is 9.59 Å². The normalized spacial score (nSPS) is 20.5. The molecule has 0 saturated carbocycles. The van der Waals surface area contributed by atoms with Crippen LogP contribution in [0.5, 0.6) is 0 Å². The van der Waals surface area contributed by atoms with Crippen LogP contribution < -0.4 is 11.1 Å². The fourth-order valence-corrected chi connectivity index (χ4v) is 2.76. The SMILES string of the molecule is CCC(=O)N1CSCC1C(=O)NC(C)(C)CN. The first kappa shape index (κ1) is 14.3. The third-order valence-electron chi connectivity index (χ3n) is 2.78. The maximum Gasteiger partial charge on any atom is 0.244 e. The Kier molecular flexibility index (Phi) is 4.82. The summed E-state index contributed by atoms with van der Waals surface area (Å²) in [7, 11) is 0. The van der Waals surface area contributed by atoms with Gasteiger partial charge in [-0.25, -0.2) is 0 Å². The summed E-state index contributed by atoms with van der Waals surface area (Å²) in [5, 5.41) is 2.89. The Morgan fingerprint density at radius 3 is 2.71 bits per heavy atom. The molecule has 1 unspecified atom stereocenters. The predicted molar refractivity (Wildman–Crippen MR) is 69.5 cm³/mol. The van der Waals surface area contributed by atoms with Crippen LogP contribution in [0.1, 0.15) is 27.2 Å². The summed E-state index contributed by atoms with van der Waals surface area (Å²) in [6.07, 6.45) is 0.435. The third kappa shape index (κ3) is 3.61. The zero-order chi connectivity index (χ0) is 13.1. The zero-order valence-electron chi connectivity index (χ0n) is 10.7. The van der Waals surface area contributed by atoms with Crippen molar-refractivity contribution in [2.45, 2.75) is 38.8 Å². The van der Waals surface area contributed by atoms with Gasteiger partial charge in [-0.1, -0.05) is 6.92 Å². The topological polar surface area (TPSA) is 75.4 Å². The van der Waals surface area contributed by atoms with Gasteiger partial charge in [0.15, 0.2) is 0 Å². The molecule has 1 atom stereocenters. The van der Waals surface area contributed by atoms with Crippen LogP contribution in [-0.2, 0) is 9.59 Å². The number of hydrogen-bond donors (Lipinski definition) is 2. The monoisotopic (exact) mass is 259 g/mol. The summed E-state index contributed by atoms with van der Waals surface area (Å²) >= 11 is 1.61. The van der Waals surface area contributed by atoms with Crippen molar-refractivity contribution in [1.29, 1.82) is 0 Å². The fraction of sp³-hybridized carbons (Fsp3) is 0.818. The van der Waals surface area contributed by atoms with E-state index in [2.05, 4.69) is 5.32 Å². The molecule has 98 valence electrons. The Labute approximate surface area is 106 Å². The summed E-state index contributed by atoms with van der Waals surface area (Å²) in [6, 6.07) is -0.349. The lowest BCUT2D eigenvalue weighted by molar-refractivity contribution is -0.138. The second-order valence-corrected chi connectivity index (χ2v) is 5.81. The van der Waals surface area contributed by atoms with Crippen molar-refractivity contribution >= 4 is 23.6 Å². The minimum atomic E-state index is -0.425. The van der Waals surface area contributed by atoms with E-state index in [4.69, 9.17) is 5.73 Å². The molecule has 1 saturated heterocycles. The average molecular weight is 259 g/mol. The van der Waals surface area contributed by atoms with Gasteiger partial charge in [0.2, 0.25) is 11.8 Å². The van der Waals surface area contributed by atoms with Gasteiger partial charge in [0, 0.05) is 24.3 Å². The van der Waals surface area contributed by atoms with Crippen molar-refractivity contribution in [2.24, 2.45) is 5.73 Å². The molecule has 2 amide bonds. The number of nitrogens with zero attached hydrogens (tertiary/aromatic N) is 1. The van der Waals surface area contributed by atoms with Crippen LogP contribution in [0.2, 0.25) is 0 Å². The summed E-state index contributed by atoms with van der Waals surface area (Å²) in [5.74, 6) is 1.19. The molecule has 17 heavy (non-hydrogen) atoms. The Balaban J connectivity index is 2.65. The van der Waals surface area contributed by atoms with E-state index < -0.39 is 5.54 Å². The van der Waals surface area contributed by atoms with Gasteiger partial charge >= 0.3 is 0 Å². The van der Waals surface area contributed by atoms with Crippen molar-refractivity contribution in [3.8, 4) is 0 Å². The van der Waals surface area contributed by atoms with Crippen LogP contribution in [0.25, 0.3) is 0 Å². The zero-order valence-corrected chi connectivity index (χ0v) is 11.5. The van der Waals surface area contributed by atoms with Crippen molar-refractivity contribution in [3.63, 3.8) is 0 Å². The van der Waals surface area contributed by atoms with Gasteiger partial charge in [-0.05, 0) is 13.8 Å². The number of nitrogens with one attached hydrogen (secondary N) is 1. The summed E-state index contributed by atoms with van der Waals surface area (Å²) in [5.41, 5.74) is 5.15. The number of thioether (sulfide) groups is 1. The second-order valence-electron chi connectivity index (χ2n) is 4.81. The van der Waals surface area contributed by atoms with Gasteiger partial charge in [-0.3, -0.25) is 9.59 Å². The molecule has 0 aliphatic carbocycles. The highest BCUT2D eigenvalue weighted by Crippen LogP contribution is 2.22. The van der Waals surface area contributed by atoms with Gasteiger partial charge in [0.1, 0.15) is 6.04 Å². The number of carbonyl (C=O) groups excluding carboxylic acids is 2. The number of rotatable bonds is 4.